The van der Waals surface area contributed by atoms with Gasteiger partial charge in [-0.3, -0.25) is 4.79 Å². The van der Waals surface area contributed by atoms with E-state index in [9.17, 15) is 4.79 Å². The molecular formula is C16H18BrN3O. The predicted molar refractivity (Wildman–Crippen MR) is 90.5 cm³/mol. The predicted octanol–water partition coefficient (Wildman–Crippen LogP) is 3.75. The van der Waals surface area contributed by atoms with Crippen molar-refractivity contribution in [3.05, 3.63) is 52.5 Å². The van der Waals surface area contributed by atoms with E-state index in [1.807, 2.05) is 49.4 Å². The van der Waals surface area contributed by atoms with Crippen molar-refractivity contribution >= 4 is 38.9 Å². The quantitative estimate of drug-likeness (QED) is 0.720. The van der Waals surface area contributed by atoms with E-state index in [1.165, 1.54) is 0 Å². The summed E-state index contributed by atoms with van der Waals surface area (Å²) in [5.41, 5.74) is 14.8. The molecule has 2 aromatic rings. The van der Waals surface area contributed by atoms with Gasteiger partial charge in [0, 0.05) is 16.6 Å². The van der Waals surface area contributed by atoms with Crippen molar-refractivity contribution in [3.63, 3.8) is 0 Å². The monoisotopic (exact) mass is 347 g/mol. The zero-order valence-electron chi connectivity index (χ0n) is 11.8. The molecule has 5 N–H and O–H groups in total. The normalized spacial score (nSPS) is 11.9. The largest absolute Gasteiger partial charge is 0.397 e. The van der Waals surface area contributed by atoms with Gasteiger partial charge in [0.05, 0.1) is 11.4 Å². The number of nitrogens with two attached hydrogens (primary N) is 2. The summed E-state index contributed by atoms with van der Waals surface area (Å²) in [6, 6.07) is 13.6. The highest BCUT2D eigenvalue weighted by Gasteiger charge is 2.10. The zero-order chi connectivity index (χ0) is 15.4. The second kappa shape index (κ2) is 6.63. The minimum Gasteiger partial charge on any atom is -0.397 e. The minimum atomic E-state index is -0.308. The Balaban J connectivity index is 2.17. The van der Waals surface area contributed by atoms with Gasteiger partial charge in [0.15, 0.2) is 0 Å². The molecule has 0 spiro atoms. The molecule has 1 atom stereocenters. The summed E-state index contributed by atoms with van der Waals surface area (Å²) in [5.74, 6) is -0.248. The number of benzene rings is 2. The lowest BCUT2D eigenvalue weighted by atomic mass is 9.96. The molecule has 0 unspecified atom stereocenters. The molecular weight excluding hydrogens is 330 g/mol. The topological polar surface area (TPSA) is 81.1 Å². The summed E-state index contributed by atoms with van der Waals surface area (Å²) >= 11 is 3.43. The summed E-state index contributed by atoms with van der Waals surface area (Å²) < 4.78 is 0.998. The van der Waals surface area contributed by atoms with E-state index in [0.717, 1.165) is 21.4 Å². The van der Waals surface area contributed by atoms with Gasteiger partial charge in [-0.2, -0.15) is 0 Å². The van der Waals surface area contributed by atoms with Crippen molar-refractivity contribution in [2.24, 2.45) is 5.73 Å². The van der Waals surface area contributed by atoms with Crippen LogP contribution in [0.2, 0.25) is 0 Å². The molecule has 4 nitrogen and oxygen atoms in total. The zero-order valence-corrected chi connectivity index (χ0v) is 13.4. The Kier molecular flexibility index (Phi) is 4.85. The second-order valence-electron chi connectivity index (χ2n) is 5.05. The van der Waals surface area contributed by atoms with Crippen LogP contribution in [0.25, 0.3) is 0 Å². The third-order valence-corrected chi connectivity index (χ3v) is 3.75. The first-order valence-electron chi connectivity index (χ1n) is 6.66. The summed E-state index contributed by atoms with van der Waals surface area (Å²) in [6.07, 6.45) is 0.317. The average Bonchev–Trinajstić information content (AvgIpc) is 2.40. The molecule has 2 rings (SSSR count). The molecule has 5 heteroatoms. The Bertz CT molecular complexity index is 658. The number of nitrogen functional groups attached to an aromatic ring is 1. The van der Waals surface area contributed by atoms with Crippen LogP contribution in [0, 0.1) is 0 Å². The lowest BCUT2D eigenvalue weighted by Gasteiger charge is -2.14. The van der Waals surface area contributed by atoms with Gasteiger partial charge >= 0.3 is 0 Å². The summed E-state index contributed by atoms with van der Waals surface area (Å²) in [4.78, 5) is 11.0. The smallest absolute Gasteiger partial charge is 0.218 e. The maximum absolute atomic E-state index is 11.0. The molecule has 21 heavy (non-hydrogen) atoms. The molecule has 0 aliphatic carbocycles. The third kappa shape index (κ3) is 4.23. The Morgan fingerprint density at radius 3 is 2.67 bits per heavy atom. The van der Waals surface area contributed by atoms with Gasteiger partial charge in [0.2, 0.25) is 5.91 Å². The van der Waals surface area contributed by atoms with Crippen LogP contribution in [0.1, 0.15) is 24.8 Å². The third-order valence-electron chi connectivity index (χ3n) is 3.26. The molecule has 0 heterocycles. The highest BCUT2D eigenvalue weighted by atomic mass is 79.9. The van der Waals surface area contributed by atoms with Gasteiger partial charge in [-0.05, 0) is 41.8 Å². The van der Waals surface area contributed by atoms with E-state index < -0.39 is 0 Å². The standard InChI is InChI=1S/C16H18BrN3O/c1-10(7-16(19)21)11-5-6-15(14(18)8-11)20-13-4-2-3-12(17)9-13/h2-6,8-10,20H,7,18H2,1H3,(H2,19,21)/t10-/m1/s1. The van der Waals surface area contributed by atoms with Crippen molar-refractivity contribution < 1.29 is 4.79 Å². The van der Waals surface area contributed by atoms with Gasteiger partial charge in [0.1, 0.15) is 0 Å². The van der Waals surface area contributed by atoms with E-state index in [0.29, 0.717) is 12.1 Å². The van der Waals surface area contributed by atoms with Crippen LogP contribution in [0.15, 0.2) is 46.9 Å². The second-order valence-corrected chi connectivity index (χ2v) is 5.97. The lowest BCUT2D eigenvalue weighted by Crippen LogP contribution is -2.13. The van der Waals surface area contributed by atoms with Crippen molar-refractivity contribution in [2.45, 2.75) is 19.3 Å². The number of anilines is 3. The number of rotatable bonds is 5. The molecule has 0 aliphatic rings. The molecule has 0 saturated heterocycles. The molecule has 0 aliphatic heterocycles. The average molecular weight is 348 g/mol. The fraction of sp³-hybridized carbons (Fsp3) is 0.188. The van der Waals surface area contributed by atoms with E-state index in [2.05, 4.69) is 21.2 Å². The van der Waals surface area contributed by atoms with Crippen LogP contribution in [0.5, 0.6) is 0 Å². The van der Waals surface area contributed by atoms with Crippen LogP contribution < -0.4 is 16.8 Å². The Morgan fingerprint density at radius 2 is 2.05 bits per heavy atom. The van der Waals surface area contributed by atoms with E-state index in [-0.39, 0.29) is 11.8 Å². The molecule has 0 aromatic heterocycles. The van der Waals surface area contributed by atoms with Crippen LogP contribution in [0.3, 0.4) is 0 Å². The maximum Gasteiger partial charge on any atom is 0.218 e. The first-order valence-corrected chi connectivity index (χ1v) is 7.45. The van der Waals surface area contributed by atoms with Gasteiger partial charge in [-0.25, -0.2) is 0 Å². The Labute approximate surface area is 132 Å². The Morgan fingerprint density at radius 1 is 1.29 bits per heavy atom. The number of hydrogen-bond acceptors (Lipinski definition) is 3. The highest BCUT2D eigenvalue weighted by Crippen LogP contribution is 2.29. The first-order chi connectivity index (χ1) is 9.95. The lowest BCUT2D eigenvalue weighted by molar-refractivity contribution is -0.118. The van der Waals surface area contributed by atoms with Crippen molar-refractivity contribution in [1.82, 2.24) is 0 Å². The van der Waals surface area contributed by atoms with E-state index in [4.69, 9.17) is 11.5 Å². The van der Waals surface area contributed by atoms with Gasteiger partial charge in [0.25, 0.3) is 0 Å². The van der Waals surface area contributed by atoms with E-state index in [1.54, 1.807) is 0 Å². The fourth-order valence-corrected chi connectivity index (χ4v) is 2.54. The van der Waals surface area contributed by atoms with Crippen LogP contribution in [-0.4, -0.2) is 5.91 Å². The fourth-order valence-electron chi connectivity index (χ4n) is 2.14. The molecule has 0 radical (unpaired) electrons. The van der Waals surface area contributed by atoms with Crippen LogP contribution in [0.4, 0.5) is 17.1 Å². The molecule has 110 valence electrons. The number of nitrogens with one attached hydrogen (secondary N) is 1. The number of primary amides is 1. The Hall–Kier alpha value is -2.01. The summed E-state index contributed by atoms with van der Waals surface area (Å²) in [5, 5.41) is 3.27. The van der Waals surface area contributed by atoms with Gasteiger partial charge in [-0.1, -0.05) is 35.0 Å². The highest BCUT2D eigenvalue weighted by molar-refractivity contribution is 9.10. The number of carbonyl (C=O) groups excluding carboxylic acids is 1. The molecule has 1 amide bonds. The van der Waals surface area contributed by atoms with Crippen molar-refractivity contribution in [1.29, 1.82) is 0 Å². The summed E-state index contributed by atoms with van der Waals surface area (Å²) in [7, 11) is 0. The molecule has 2 aromatic carbocycles. The molecule has 0 fully saturated rings. The van der Waals surface area contributed by atoms with E-state index >= 15 is 0 Å². The van der Waals surface area contributed by atoms with Gasteiger partial charge < -0.3 is 16.8 Å². The SMILES string of the molecule is C[C@H](CC(N)=O)c1ccc(Nc2cccc(Br)c2)c(N)c1. The van der Waals surface area contributed by atoms with Crippen molar-refractivity contribution in [3.8, 4) is 0 Å². The molecule has 0 bridgehead atoms. The number of amides is 1. The van der Waals surface area contributed by atoms with Crippen LogP contribution >= 0.6 is 15.9 Å². The molecule has 0 saturated carbocycles. The van der Waals surface area contributed by atoms with Gasteiger partial charge in [-0.15, -0.1) is 0 Å². The number of carbonyl (C=O) groups is 1. The number of hydrogen-bond donors (Lipinski definition) is 3. The number of halogens is 1. The maximum atomic E-state index is 11.0. The van der Waals surface area contributed by atoms with Crippen LogP contribution in [-0.2, 0) is 4.79 Å². The minimum absolute atomic E-state index is 0.0599. The first kappa shape index (κ1) is 15.4. The van der Waals surface area contributed by atoms with Crippen molar-refractivity contribution in [2.75, 3.05) is 11.1 Å². The summed E-state index contributed by atoms with van der Waals surface area (Å²) in [6.45, 7) is 1.96.